The molecule has 114 valence electrons. The lowest BCUT2D eigenvalue weighted by Crippen LogP contribution is -2.46. The Morgan fingerprint density at radius 3 is 2.00 bits per heavy atom. The lowest BCUT2D eigenvalue weighted by atomic mass is 10.2. The van der Waals surface area contributed by atoms with Gasteiger partial charge in [-0.05, 0) is 19.1 Å². The molecule has 0 radical (unpaired) electrons. The average Bonchev–Trinajstić information content (AvgIpc) is 2.27. The molecule has 9 heteroatoms. The molecule has 0 saturated heterocycles. The Labute approximate surface area is 110 Å². The Morgan fingerprint density at radius 2 is 1.55 bits per heavy atom. The molecule has 20 heavy (non-hydrogen) atoms. The Kier molecular flexibility index (Phi) is 4.61. The summed E-state index contributed by atoms with van der Waals surface area (Å²) < 4.78 is 83.2. The first-order valence-corrected chi connectivity index (χ1v) is 5.38. The van der Waals surface area contributed by atoms with Gasteiger partial charge in [0.1, 0.15) is 17.2 Å². The summed E-state index contributed by atoms with van der Waals surface area (Å²) in [5.74, 6) is -0.788. The predicted molar refractivity (Wildman–Crippen MR) is 58.5 cm³/mol. The third-order valence-corrected chi connectivity index (χ3v) is 2.17. The van der Waals surface area contributed by atoms with E-state index in [2.05, 4.69) is 4.74 Å². The van der Waals surface area contributed by atoms with Crippen molar-refractivity contribution in [3.05, 3.63) is 18.2 Å². The van der Waals surface area contributed by atoms with Crippen LogP contribution in [-0.2, 0) is 0 Å². The van der Waals surface area contributed by atoms with Crippen molar-refractivity contribution < 1.29 is 35.8 Å². The SMILES string of the molecule is CCOc1cccc(OC(C(F)(F)F)C(F)(F)F)c1N. The van der Waals surface area contributed by atoms with E-state index in [1.54, 1.807) is 6.92 Å². The second kappa shape index (κ2) is 5.68. The number of hydrogen-bond donors (Lipinski definition) is 1. The number of benzene rings is 1. The molecule has 0 aromatic heterocycles. The second-order valence-corrected chi connectivity index (χ2v) is 3.68. The molecule has 3 nitrogen and oxygen atoms in total. The fraction of sp³-hybridized carbons (Fsp3) is 0.455. The van der Waals surface area contributed by atoms with Gasteiger partial charge >= 0.3 is 12.4 Å². The van der Waals surface area contributed by atoms with E-state index in [1.807, 2.05) is 0 Å². The maximum Gasteiger partial charge on any atom is 0.434 e. The smallest absolute Gasteiger partial charge is 0.434 e. The van der Waals surface area contributed by atoms with Crippen molar-refractivity contribution in [1.29, 1.82) is 0 Å². The molecule has 0 spiro atoms. The first-order chi connectivity index (χ1) is 9.07. The molecule has 0 unspecified atom stereocenters. The minimum Gasteiger partial charge on any atom is -0.492 e. The highest BCUT2D eigenvalue weighted by molar-refractivity contribution is 5.62. The highest BCUT2D eigenvalue weighted by Gasteiger charge is 2.59. The van der Waals surface area contributed by atoms with E-state index in [1.165, 1.54) is 12.1 Å². The van der Waals surface area contributed by atoms with Crippen LogP contribution in [-0.4, -0.2) is 25.1 Å². The van der Waals surface area contributed by atoms with Crippen molar-refractivity contribution in [1.82, 2.24) is 0 Å². The highest BCUT2D eigenvalue weighted by atomic mass is 19.4. The number of alkyl halides is 6. The molecule has 2 N–H and O–H groups in total. The van der Waals surface area contributed by atoms with Crippen LogP contribution in [0.4, 0.5) is 32.0 Å². The lowest BCUT2D eigenvalue weighted by Gasteiger charge is -2.24. The normalized spacial score (nSPS) is 12.6. The minimum absolute atomic E-state index is 0.0481. The van der Waals surface area contributed by atoms with E-state index in [9.17, 15) is 26.3 Å². The molecular weight excluding hydrogens is 292 g/mol. The Hall–Kier alpha value is -1.80. The lowest BCUT2D eigenvalue weighted by molar-refractivity contribution is -0.299. The fourth-order valence-electron chi connectivity index (χ4n) is 1.35. The molecule has 0 fully saturated rings. The molecule has 0 bridgehead atoms. The molecule has 0 heterocycles. The van der Waals surface area contributed by atoms with Crippen LogP contribution in [0.3, 0.4) is 0 Å². The molecule has 1 rings (SSSR count). The van der Waals surface area contributed by atoms with E-state index in [4.69, 9.17) is 10.5 Å². The molecule has 1 aromatic carbocycles. The first kappa shape index (κ1) is 16.3. The summed E-state index contributed by atoms with van der Waals surface area (Å²) in [7, 11) is 0. The number of halogens is 6. The molecule has 0 amide bonds. The van der Waals surface area contributed by atoms with E-state index < -0.39 is 29.9 Å². The van der Waals surface area contributed by atoms with Crippen molar-refractivity contribution >= 4 is 5.69 Å². The molecule has 0 saturated carbocycles. The zero-order valence-corrected chi connectivity index (χ0v) is 10.2. The van der Waals surface area contributed by atoms with Crippen LogP contribution >= 0.6 is 0 Å². The summed E-state index contributed by atoms with van der Waals surface area (Å²) in [4.78, 5) is 0. The van der Waals surface area contributed by atoms with Gasteiger partial charge in [0.05, 0.1) is 6.61 Å². The quantitative estimate of drug-likeness (QED) is 0.683. The fourth-order valence-corrected chi connectivity index (χ4v) is 1.35. The zero-order valence-electron chi connectivity index (χ0n) is 10.2. The summed E-state index contributed by atoms with van der Waals surface area (Å²) >= 11 is 0. The summed E-state index contributed by atoms with van der Waals surface area (Å²) in [6.45, 7) is 1.73. The summed E-state index contributed by atoms with van der Waals surface area (Å²) in [6.07, 6.45) is -15.2. The van der Waals surface area contributed by atoms with Crippen LogP contribution in [0.1, 0.15) is 6.92 Å². The van der Waals surface area contributed by atoms with E-state index in [0.29, 0.717) is 0 Å². The molecule has 0 aliphatic rings. The zero-order chi connectivity index (χ0) is 15.6. The standard InChI is InChI=1S/C11H11F6NO2/c1-2-19-6-4-3-5-7(8(6)18)20-9(10(12,13)14)11(15,16)17/h3-5,9H,2,18H2,1H3. The predicted octanol–water partition coefficient (Wildman–Crippen LogP) is 3.54. The summed E-state index contributed by atoms with van der Waals surface area (Å²) in [6, 6.07) is 3.39. The third-order valence-electron chi connectivity index (χ3n) is 2.17. The van der Waals surface area contributed by atoms with Crippen LogP contribution in [0, 0.1) is 0 Å². The average molecular weight is 303 g/mol. The number of nitrogen functional groups attached to an aromatic ring is 1. The van der Waals surface area contributed by atoms with Gasteiger partial charge in [0.15, 0.2) is 0 Å². The van der Waals surface area contributed by atoms with Gasteiger partial charge in [-0.1, -0.05) is 6.07 Å². The number of anilines is 1. The van der Waals surface area contributed by atoms with Gasteiger partial charge in [-0.15, -0.1) is 0 Å². The van der Waals surface area contributed by atoms with E-state index in [-0.39, 0.29) is 12.4 Å². The van der Waals surface area contributed by atoms with Crippen LogP contribution in [0.15, 0.2) is 18.2 Å². The third kappa shape index (κ3) is 3.84. The van der Waals surface area contributed by atoms with Gasteiger partial charge in [0, 0.05) is 0 Å². The summed E-state index contributed by atoms with van der Waals surface area (Å²) in [5.41, 5.74) is 5.00. The Morgan fingerprint density at radius 1 is 1.05 bits per heavy atom. The van der Waals surface area contributed by atoms with Crippen LogP contribution < -0.4 is 15.2 Å². The molecule has 0 atom stereocenters. The number of para-hydroxylation sites is 1. The van der Waals surface area contributed by atoms with Gasteiger partial charge in [-0.25, -0.2) is 0 Å². The number of ether oxygens (including phenoxy) is 2. The molecular formula is C11H11F6NO2. The Bertz CT molecular complexity index is 443. The molecule has 0 aliphatic heterocycles. The van der Waals surface area contributed by atoms with Crippen molar-refractivity contribution in [3.8, 4) is 11.5 Å². The van der Waals surface area contributed by atoms with Gasteiger partial charge < -0.3 is 15.2 Å². The monoisotopic (exact) mass is 303 g/mol. The highest BCUT2D eigenvalue weighted by Crippen LogP contribution is 2.39. The van der Waals surface area contributed by atoms with Gasteiger partial charge in [0.2, 0.25) is 0 Å². The summed E-state index contributed by atoms with van der Waals surface area (Å²) in [5, 5.41) is 0. The van der Waals surface area contributed by atoms with Crippen LogP contribution in [0.25, 0.3) is 0 Å². The maximum absolute atomic E-state index is 12.4. The minimum atomic E-state index is -5.60. The second-order valence-electron chi connectivity index (χ2n) is 3.68. The molecule has 0 aliphatic carbocycles. The van der Waals surface area contributed by atoms with E-state index in [0.717, 1.165) is 6.07 Å². The van der Waals surface area contributed by atoms with Crippen molar-refractivity contribution in [2.45, 2.75) is 25.4 Å². The van der Waals surface area contributed by atoms with Crippen molar-refractivity contribution in [3.63, 3.8) is 0 Å². The first-order valence-electron chi connectivity index (χ1n) is 5.38. The van der Waals surface area contributed by atoms with E-state index >= 15 is 0 Å². The number of hydrogen-bond acceptors (Lipinski definition) is 3. The molecule has 1 aromatic rings. The largest absolute Gasteiger partial charge is 0.492 e. The maximum atomic E-state index is 12.4. The number of rotatable bonds is 4. The van der Waals surface area contributed by atoms with Gasteiger partial charge in [0.25, 0.3) is 6.10 Å². The van der Waals surface area contributed by atoms with Crippen LogP contribution in [0.5, 0.6) is 11.5 Å². The van der Waals surface area contributed by atoms with Gasteiger partial charge in [-0.3, -0.25) is 0 Å². The topological polar surface area (TPSA) is 44.5 Å². The number of nitrogens with two attached hydrogens (primary N) is 1. The van der Waals surface area contributed by atoms with Crippen molar-refractivity contribution in [2.75, 3.05) is 12.3 Å². The van der Waals surface area contributed by atoms with Crippen LogP contribution in [0.2, 0.25) is 0 Å². The van der Waals surface area contributed by atoms with Gasteiger partial charge in [-0.2, -0.15) is 26.3 Å². The van der Waals surface area contributed by atoms with Crippen molar-refractivity contribution in [2.24, 2.45) is 0 Å². The Balaban J connectivity index is 3.10.